The van der Waals surface area contributed by atoms with E-state index in [0.29, 0.717) is 0 Å². The molecule has 0 aromatic heterocycles. The van der Waals surface area contributed by atoms with Crippen LogP contribution in [-0.4, -0.2) is 0 Å². The van der Waals surface area contributed by atoms with Gasteiger partial charge >= 0.3 is 0 Å². The van der Waals surface area contributed by atoms with Gasteiger partial charge in [-0.1, -0.05) is 13.8 Å². The van der Waals surface area contributed by atoms with Crippen LogP contribution in [0.1, 0.15) is 33.1 Å². The Kier molecular flexibility index (Phi) is 6.20. The predicted octanol–water partition coefficient (Wildman–Crippen LogP) is 2.40. The molecule has 0 saturated heterocycles. The summed E-state index contributed by atoms with van der Waals surface area (Å²) in [5.74, 6) is 6.07. The third-order valence-electron chi connectivity index (χ3n) is 0.860. The summed E-state index contributed by atoms with van der Waals surface area (Å²) in [7, 11) is 0. The van der Waals surface area contributed by atoms with Crippen LogP contribution in [0.5, 0.6) is 0 Å². The van der Waals surface area contributed by atoms with Gasteiger partial charge < -0.3 is 0 Å². The van der Waals surface area contributed by atoms with Gasteiger partial charge in [0.05, 0.1) is 0 Å². The lowest BCUT2D eigenvalue weighted by Crippen LogP contribution is -1.66. The summed E-state index contributed by atoms with van der Waals surface area (Å²) >= 11 is 0. The largest absolute Gasteiger partial charge is 0.104 e. The fraction of sp³-hybridized carbons (Fsp3) is 0.625. The van der Waals surface area contributed by atoms with Gasteiger partial charge in [-0.3, -0.25) is 0 Å². The zero-order chi connectivity index (χ0) is 6.24. The Bertz CT molecular complexity index is 81.9. The minimum Gasteiger partial charge on any atom is -0.104 e. The number of unbranched alkanes of at least 4 members (excludes halogenated alkanes) is 2. The normalized spacial score (nSPS) is 7.75. The molecule has 0 aliphatic heterocycles. The van der Waals surface area contributed by atoms with E-state index < -0.39 is 0 Å². The fourth-order valence-corrected chi connectivity index (χ4v) is 0.430. The van der Waals surface area contributed by atoms with Crippen LogP contribution in [0.4, 0.5) is 0 Å². The molecule has 0 aliphatic carbocycles. The van der Waals surface area contributed by atoms with Crippen molar-refractivity contribution in [1.29, 1.82) is 0 Å². The summed E-state index contributed by atoms with van der Waals surface area (Å²) in [4.78, 5) is 0. The lowest BCUT2D eigenvalue weighted by atomic mass is 10.2. The molecule has 0 amide bonds. The Balaban J connectivity index is 2.90. The lowest BCUT2D eigenvalue weighted by molar-refractivity contribution is 0.995. The highest BCUT2D eigenvalue weighted by Crippen LogP contribution is 1.88. The third kappa shape index (κ3) is 5.56. The molecule has 0 spiro atoms. The summed E-state index contributed by atoms with van der Waals surface area (Å²) in [6, 6.07) is 0. The van der Waals surface area contributed by atoms with E-state index in [-0.39, 0.29) is 0 Å². The summed E-state index contributed by atoms with van der Waals surface area (Å²) < 4.78 is 0. The monoisotopic (exact) mass is 109 g/mol. The van der Waals surface area contributed by atoms with Crippen LogP contribution in [0.3, 0.4) is 0 Å². The molecule has 0 N–H and O–H groups in total. The first-order valence-electron chi connectivity index (χ1n) is 3.15. The highest BCUT2D eigenvalue weighted by molar-refractivity contribution is 4.98. The lowest BCUT2D eigenvalue weighted by Gasteiger charge is -1.81. The van der Waals surface area contributed by atoms with Crippen molar-refractivity contribution >= 4 is 0 Å². The van der Waals surface area contributed by atoms with E-state index in [4.69, 9.17) is 0 Å². The molecule has 1 radical (unpaired) electrons. The predicted molar refractivity (Wildman–Crippen MR) is 37.3 cm³/mol. The van der Waals surface area contributed by atoms with Gasteiger partial charge in [0.15, 0.2) is 0 Å². The van der Waals surface area contributed by atoms with Crippen molar-refractivity contribution in [2.75, 3.05) is 0 Å². The molecule has 0 aromatic rings. The zero-order valence-corrected chi connectivity index (χ0v) is 5.70. The minimum absolute atomic E-state index is 0.990. The van der Waals surface area contributed by atoms with Crippen molar-refractivity contribution in [2.24, 2.45) is 0 Å². The summed E-state index contributed by atoms with van der Waals surface area (Å²) in [6.07, 6.45) is 5.30. The summed E-state index contributed by atoms with van der Waals surface area (Å²) in [5, 5.41) is 0. The smallest absolute Gasteiger partial charge is 0.00913 e. The zero-order valence-electron chi connectivity index (χ0n) is 5.70. The van der Waals surface area contributed by atoms with Gasteiger partial charge in [0.1, 0.15) is 0 Å². The first-order valence-corrected chi connectivity index (χ1v) is 3.15. The van der Waals surface area contributed by atoms with E-state index in [1.165, 1.54) is 0 Å². The van der Waals surface area contributed by atoms with Crippen LogP contribution in [0.2, 0.25) is 0 Å². The average molecular weight is 109 g/mol. The number of rotatable bonds is 2. The first kappa shape index (κ1) is 7.56. The molecule has 0 nitrogen and oxygen atoms in total. The van der Waals surface area contributed by atoms with Gasteiger partial charge in [-0.25, -0.2) is 0 Å². The Morgan fingerprint density at radius 3 is 2.62 bits per heavy atom. The van der Waals surface area contributed by atoms with Gasteiger partial charge in [0.2, 0.25) is 0 Å². The molecular weight excluding hydrogens is 96.1 g/mol. The van der Waals surface area contributed by atoms with Crippen LogP contribution in [0, 0.1) is 18.3 Å². The van der Waals surface area contributed by atoms with E-state index in [0.717, 1.165) is 19.3 Å². The topological polar surface area (TPSA) is 0 Å². The standard InChI is InChI=1S/C8H13/c1-3-5-7-8-6-4-2/h3H,4-5,7H2,1-2H3. The third-order valence-corrected chi connectivity index (χ3v) is 0.860. The molecule has 8 heavy (non-hydrogen) atoms. The maximum Gasteiger partial charge on any atom is 0.00913 e. The second-order valence-corrected chi connectivity index (χ2v) is 1.65. The Morgan fingerprint density at radius 2 is 2.12 bits per heavy atom. The van der Waals surface area contributed by atoms with E-state index in [1.807, 2.05) is 0 Å². The maximum absolute atomic E-state index is 3.05. The average Bonchev–Trinajstić information content (AvgIpc) is 1.81. The van der Waals surface area contributed by atoms with Crippen LogP contribution >= 0.6 is 0 Å². The van der Waals surface area contributed by atoms with Gasteiger partial charge in [-0.15, -0.1) is 11.8 Å². The molecule has 0 atom stereocenters. The van der Waals surface area contributed by atoms with Crippen molar-refractivity contribution < 1.29 is 0 Å². The van der Waals surface area contributed by atoms with E-state index in [1.54, 1.807) is 0 Å². The Morgan fingerprint density at radius 1 is 1.38 bits per heavy atom. The molecule has 0 aliphatic rings. The molecule has 0 heteroatoms. The van der Waals surface area contributed by atoms with Gasteiger partial charge in [-0.2, -0.15) is 0 Å². The van der Waals surface area contributed by atoms with Crippen LogP contribution in [0.25, 0.3) is 0 Å². The molecule has 0 unspecified atom stereocenters. The fourth-order valence-electron chi connectivity index (χ4n) is 0.430. The van der Waals surface area contributed by atoms with Crippen molar-refractivity contribution in [2.45, 2.75) is 33.1 Å². The second-order valence-electron chi connectivity index (χ2n) is 1.65. The molecule has 0 aromatic carbocycles. The van der Waals surface area contributed by atoms with E-state index in [2.05, 4.69) is 32.1 Å². The van der Waals surface area contributed by atoms with Crippen molar-refractivity contribution in [3.8, 4) is 11.8 Å². The van der Waals surface area contributed by atoms with Crippen LogP contribution in [0.15, 0.2) is 0 Å². The summed E-state index contributed by atoms with van der Waals surface area (Å²) in [6.45, 7) is 4.14. The first-order chi connectivity index (χ1) is 3.91. The second kappa shape index (κ2) is 6.56. The molecular formula is C8H13. The maximum atomic E-state index is 3.05. The Labute approximate surface area is 52.3 Å². The van der Waals surface area contributed by atoms with Gasteiger partial charge in [0.25, 0.3) is 0 Å². The molecule has 0 heterocycles. The molecule has 0 bridgehead atoms. The van der Waals surface area contributed by atoms with Gasteiger partial charge in [0, 0.05) is 12.8 Å². The van der Waals surface area contributed by atoms with Crippen molar-refractivity contribution in [1.82, 2.24) is 0 Å². The SMILES string of the molecule is C[CH]CCC#CCC. The van der Waals surface area contributed by atoms with Gasteiger partial charge in [-0.05, 0) is 12.8 Å². The quantitative estimate of drug-likeness (QED) is 0.377. The molecule has 0 saturated carbocycles. The van der Waals surface area contributed by atoms with Crippen molar-refractivity contribution in [3.63, 3.8) is 0 Å². The van der Waals surface area contributed by atoms with Crippen molar-refractivity contribution in [3.05, 3.63) is 6.42 Å². The van der Waals surface area contributed by atoms with E-state index in [9.17, 15) is 0 Å². The van der Waals surface area contributed by atoms with Crippen LogP contribution in [-0.2, 0) is 0 Å². The van der Waals surface area contributed by atoms with Crippen LogP contribution < -0.4 is 0 Å². The minimum atomic E-state index is 0.990. The molecule has 0 rings (SSSR count). The highest BCUT2D eigenvalue weighted by atomic mass is 13.8. The highest BCUT2D eigenvalue weighted by Gasteiger charge is 1.74. The van der Waals surface area contributed by atoms with E-state index >= 15 is 0 Å². The molecule has 45 valence electrons. The summed E-state index contributed by atoms with van der Waals surface area (Å²) in [5.41, 5.74) is 0. The molecule has 0 fully saturated rings. The number of hydrogen-bond acceptors (Lipinski definition) is 0. The Hall–Kier alpha value is -0.440. The number of hydrogen-bond donors (Lipinski definition) is 0.